The molecule has 0 amide bonds. The fourth-order valence-corrected chi connectivity index (χ4v) is 1.19. The number of hydrogen-bond acceptors (Lipinski definition) is 4. The van der Waals surface area contributed by atoms with Gasteiger partial charge in [-0.05, 0) is 31.6 Å². The van der Waals surface area contributed by atoms with Crippen molar-refractivity contribution >= 4 is 11.9 Å². The molecular weight excluding hydrogens is 276 g/mol. The Kier molecular flexibility index (Phi) is 10.2. The number of aliphatic carboxylic acids is 2. The molecule has 21 heavy (non-hydrogen) atoms. The van der Waals surface area contributed by atoms with E-state index in [2.05, 4.69) is 0 Å². The molecule has 0 spiro atoms. The lowest BCUT2D eigenvalue weighted by Gasteiger charge is -2.32. The highest BCUT2D eigenvalue weighted by atomic mass is 16.4. The molecule has 0 heterocycles. The van der Waals surface area contributed by atoms with Gasteiger partial charge in [0.1, 0.15) is 5.76 Å². The third-order valence-electron chi connectivity index (χ3n) is 3.08. The largest absolute Gasteiger partial charge is 0.508 e. The Morgan fingerprint density at radius 3 is 1.76 bits per heavy atom. The molecule has 4 N–H and O–H groups in total. The van der Waals surface area contributed by atoms with Crippen LogP contribution in [0.25, 0.3) is 0 Å². The van der Waals surface area contributed by atoms with Crippen LogP contribution in [-0.4, -0.2) is 38.0 Å². The van der Waals surface area contributed by atoms with Crippen LogP contribution in [0.15, 0.2) is 23.5 Å². The van der Waals surface area contributed by atoms with E-state index in [-0.39, 0.29) is 24.5 Å². The van der Waals surface area contributed by atoms with Crippen LogP contribution >= 0.6 is 0 Å². The quantitative estimate of drug-likeness (QED) is 0.623. The SMILES string of the molecule is CC1=CC(O)=CC(C)C1(C)O.CCC(=O)O.CCC(=O)O. The van der Waals surface area contributed by atoms with Crippen LogP contribution in [0, 0.1) is 5.92 Å². The summed E-state index contributed by atoms with van der Waals surface area (Å²) in [6.07, 6.45) is 3.70. The second-order valence-electron chi connectivity index (χ2n) is 4.85. The molecule has 0 saturated heterocycles. The van der Waals surface area contributed by atoms with E-state index in [1.807, 2.05) is 13.8 Å². The van der Waals surface area contributed by atoms with Crippen molar-refractivity contribution in [3.05, 3.63) is 23.5 Å². The second kappa shape index (κ2) is 9.99. The van der Waals surface area contributed by atoms with E-state index in [0.29, 0.717) is 0 Å². The first kappa shape index (κ1) is 21.5. The Hall–Kier alpha value is -1.82. The molecule has 6 nitrogen and oxygen atoms in total. The molecular formula is C15H26O6. The molecule has 2 unspecified atom stereocenters. The summed E-state index contributed by atoms with van der Waals surface area (Å²) in [6, 6.07) is 0. The zero-order valence-corrected chi connectivity index (χ0v) is 13.3. The van der Waals surface area contributed by atoms with Gasteiger partial charge in [0, 0.05) is 18.8 Å². The lowest BCUT2D eigenvalue weighted by molar-refractivity contribution is -0.137. The van der Waals surface area contributed by atoms with E-state index in [1.165, 1.54) is 0 Å². The van der Waals surface area contributed by atoms with Crippen molar-refractivity contribution in [2.24, 2.45) is 5.92 Å². The van der Waals surface area contributed by atoms with Crippen molar-refractivity contribution in [3.63, 3.8) is 0 Å². The lowest BCUT2D eigenvalue weighted by atomic mass is 9.80. The van der Waals surface area contributed by atoms with Crippen molar-refractivity contribution in [2.75, 3.05) is 0 Å². The zero-order valence-electron chi connectivity index (χ0n) is 13.3. The number of carboxylic acid groups (broad SMARTS) is 2. The summed E-state index contributed by atoms with van der Waals surface area (Å²) >= 11 is 0. The number of rotatable bonds is 2. The lowest BCUT2D eigenvalue weighted by Crippen LogP contribution is -2.35. The molecule has 1 rings (SSSR count). The van der Waals surface area contributed by atoms with E-state index in [1.54, 1.807) is 32.9 Å². The van der Waals surface area contributed by atoms with Crippen LogP contribution in [0.4, 0.5) is 0 Å². The van der Waals surface area contributed by atoms with Gasteiger partial charge in [-0.25, -0.2) is 0 Å². The Morgan fingerprint density at radius 1 is 1.19 bits per heavy atom. The highest BCUT2D eigenvalue weighted by Crippen LogP contribution is 2.31. The highest BCUT2D eigenvalue weighted by Gasteiger charge is 2.31. The summed E-state index contributed by atoms with van der Waals surface area (Å²) < 4.78 is 0. The maximum atomic E-state index is 9.81. The summed E-state index contributed by atoms with van der Waals surface area (Å²) in [5.41, 5.74) is 0.0108. The van der Waals surface area contributed by atoms with Crippen molar-refractivity contribution in [2.45, 2.75) is 53.1 Å². The predicted molar refractivity (Wildman–Crippen MR) is 80.1 cm³/mol. The smallest absolute Gasteiger partial charge is 0.303 e. The maximum Gasteiger partial charge on any atom is 0.303 e. The Labute approximate surface area is 125 Å². The number of aliphatic hydroxyl groups is 2. The molecule has 1 aliphatic carbocycles. The number of hydrogen-bond donors (Lipinski definition) is 4. The fraction of sp³-hybridized carbons (Fsp3) is 0.600. The van der Waals surface area contributed by atoms with E-state index in [0.717, 1.165) is 5.57 Å². The second-order valence-corrected chi connectivity index (χ2v) is 4.85. The van der Waals surface area contributed by atoms with E-state index < -0.39 is 17.5 Å². The standard InChI is InChI=1S/C9H14O2.2C3H6O2/c1-6-4-8(10)5-7(2)9(6,3)11;2*1-2-3(4)5/h4-6,10-11H,1-3H3;2*2H2,1H3,(H,4,5). The summed E-state index contributed by atoms with van der Waals surface area (Å²) in [5, 5.41) is 34.4. The third-order valence-corrected chi connectivity index (χ3v) is 3.08. The van der Waals surface area contributed by atoms with Crippen LogP contribution in [0.1, 0.15) is 47.5 Å². The molecule has 0 bridgehead atoms. The van der Waals surface area contributed by atoms with Crippen LogP contribution in [0.3, 0.4) is 0 Å². The van der Waals surface area contributed by atoms with Crippen molar-refractivity contribution < 1.29 is 30.0 Å². The first-order valence-electron chi connectivity index (χ1n) is 6.74. The molecule has 122 valence electrons. The minimum Gasteiger partial charge on any atom is -0.508 e. The van der Waals surface area contributed by atoms with Gasteiger partial charge in [-0.1, -0.05) is 20.8 Å². The van der Waals surface area contributed by atoms with Crippen LogP contribution in [0.2, 0.25) is 0 Å². The molecule has 0 aromatic heterocycles. The van der Waals surface area contributed by atoms with Gasteiger partial charge in [0.15, 0.2) is 0 Å². The minimum absolute atomic E-state index is 0.0208. The number of carboxylic acids is 2. The third kappa shape index (κ3) is 9.67. The van der Waals surface area contributed by atoms with Crippen molar-refractivity contribution in [1.82, 2.24) is 0 Å². The molecule has 0 saturated carbocycles. The minimum atomic E-state index is -0.799. The van der Waals surface area contributed by atoms with Crippen molar-refractivity contribution in [3.8, 4) is 0 Å². The fourth-order valence-electron chi connectivity index (χ4n) is 1.19. The van der Waals surface area contributed by atoms with Gasteiger partial charge in [0.25, 0.3) is 0 Å². The normalized spacial score (nSPS) is 23.4. The number of allylic oxidation sites excluding steroid dienone is 1. The summed E-state index contributed by atoms with van der Waals surface area (Å²) in [6.45, 7) is 8.66. The predicted octanol–water partition coefficient (Wildman–Crippen LogP) is 2.74. The molecule has 1 aliphatic rings. The van der Waals surface area contributed by atoms with E-state index in [9.17, 15) is 14.7 Å². The highest BCUT2D eigenvalue weighted by molar-refractivity contribution is 5.66. The monoisotopic (exact) mass is 302 g/mol. The van der Waals surface area contributed by atoms with Crippen LogP contribution in [0.5, 0.6) is 0 Å². The molecule has 0 aromatic rings. The topological polar surface area (TPSA) is 115 Å². The maximum absolute atomic E-state index is 9.81. The Bertz CT molecular complexity index is 392. The Balaban J connectivity index is 0. The van der Waals surface area contributed by atoms with Crippen molar-refractivity contribution in [1.29, 1.82) is 0 Å². The Morgan fingerprint density at radius 2 is 1.52 bits per heavy atom. The summed E-state index contributed by atoms with van der Waals surface area (Å²) in [4.78, 5) is 18.7. The van der Waals surface area contributed by atoms with Gasteiger partial charge >= 0.3 is 11.9 Å². The molecule has 0 aliphatic heterocycles. The zero-order chi connectivity index (χ0) is 17.2. The summed E-state index contributed by atoms with van der Waals surface area (Å²) in [7, 11) is 0. The van der Waals surface area contributed by atoms with Gasteiger partial charge in [-0.3, -0.25) is 9.59 Å². The molecule has 0 radical (unpaired) electrons. The van der Waals surface area contributed by atoms with Gasteiger partial charge in [0.05, 0.1) is 5.60 Å². The van der Waals surface area contributed by atoms with Crippen LogP contribution in [-0.2, 0) is 9.59 Å². The average Bonchev–Trinajstić information content (AvgIpc) is 2.38. The number of aliphatic hydroxyl groups excluding tert-OH is 1. The van der Waals surface area contributed by atoms with Gasteiger partial charge < -0.3 is 20.4 Å². The molecule has 0 fully saturated rings. The number of carbonyl (C=O) groups is 2. The van der Waals surface area contributed by atoms with E-state index in [4.69, 9.17) is 15.3 Å². The molecule has 0 aromatic carbocycles. The molecule has 6 heteroatoms. The van der Waals surface area contributed by atoms with Crippen LogP contribution < -0.4 is 0 Å². The van der Waals surface area contributed by atoms with Gasteiger partial charge in [0.2, 0.25) is 0 Å². The molecule has 2 atom stereocenters. The van der Waals surface area contributed by atoms with E-state index >= 15 is 0 Å². The van der Waals surface area contributed by atoms with Gasteiger partial charge in [-0.2, -0.15) is 0 Å². The first-order valence-corrected chi connectivity index (χ1v) is 6.74. The summed E-state index contributed by atoms with van der Waals surface area (Å²) in [5.74, 6) is -1.26. The average molecular weight is 302 g/mol. The van der Waals surface area contributed by atoms with Gasteiger partial charge in [-0.15, -0.1) is 0 Å². The first-order chi connectivity index (χ1) is 9.48.